The molecule has 0 atom stereocenters. The zero-order valence-corrected chi connectivity index (χ0v) is 11.3. The van der Waals surface area contributed by atoms with E-state index in [4.69, 9.17) is 9.47 Å². The standard InChI is InChI=1S/C14H19NO3/c1-5-18-13(16)14(2,3)10-15-11-6-8-12(17-4)9-7-11/h6-10H,5H2,1-4H3. The zero-order chi connectivity index (χ0) is 13.6. The predicted molar refractivity (Wildman–Crippen MR) is 71.6 cm³/mol. The number of hydrogen-bond acceptors (Lipinski definition) is 4. The van der Waals surface area contributed by atoms with Gasteiger partial charge in [0, 0.05) is 6.21 Å². The molecule has 1 aromatic rings. The lowest BCUT2D eigenvalue weighted by atomic mass is 9.96. The summed E-state index contributed by atoms with van der Waals surface area (Å²) >= 11 is 0. The highest BCUT2D eigenvalue weighted by atomic mass is 16.5. The van der Waals surface area contributed by atoms with Gasteiger partial charge in [-0.1, -0.05) is 0 Å². The smallest absolute Gasteiger partial charge is 0.316 e. The summed E-state index contributed by atoms with van der Waals surface area (Å²) in [5.74, 6) is 0.501. The van der Waals surface area contributed by atoms with Crippen LogP contribution >= 0.6 is 0 Å². The number of nitrogens with zero attached hydrogens (tertiary/aromatic N) is 1. The fourth-order valence-corrected chi connectivity index (χ4v) is 1.27. The normalized spacial score (nSPS) is 11.6. The van der Waals surface area contributed by atoms with Gasteiger partial charge in [-0.15, -0.1) is 0 Å². The number of hydrogen-bond donors (Lipinski definition) is 0. The fourth-order valence-electron chi connectivity index (χ4n) is 1.27. The van der Waals surface area contributed by atoms with Gasteiger partial charge in [-0.2, -0.15) is 0 Å². The molecule has 0 aliphatic rings. The molecular formula is C14H19NO3. The van der Waals surface area contributed by atoms with Gasteiger partial charge < -0.3 is 9.47 Å². The number of benzene rings is 1. The molecule has 0 saturated heterocycles. The van der Waals surface area contributed by atoms with Gasteiger partial charge >= 0.3 is 5.97 Å². The van der Waals surface area contributed by atoms with E-state index in [2.05, 4.69) is 4.99 Å². The molecule has 0 aliphatic heterocycles. The second kappa shape index (κ2) is 6.19. The van der Waals surface area contributed by atoms with Crippen molar-refractivity contribution in [3.8, 4) is 5.75 Å². The summed E-state index contributed by atoms with van der Waals surface area (Å²) in [6.45, 7) is 5.71. The van der Waals surface area contributed by atoms with Crippen LogP contribution in [-0.2, 0) is 9.53 Å². The quantitative estimate of drug-likeness (QED) is 0.595. The van der Waals surface area contributed by atoms with E-state index in [1.54, 1.807) is 34.1 Å². The monoisotopic (exact) mass is 249 g/mol. The van der Waals surface area contributed by atoms with Crippen LogP contribution in [0.4, 0.5) is 5.69 Å². The maximum atomic E-state index is 11.7. The van der Waals surface area contributed by atoms with E-state index in [9.17, 15) is 4.79 Å². The number of ether oxygens (including phenoxy) is 2. The van der Waals surface area contributed by atoms with Crippen molar-refractivity contribution in [2.24, 2.45) is 10.4 Å². The lowest BCUT2D eigenvalue weighted by Crippen LogP contribution is -2.28. The van der Waals surface area contributed by atoms with E-state index < -0.39 is 5.41 Å². The molecule has 1 rings (SSSR count). The van der Waals surface area contributed by atoms with Crippen molar-refractivity contribution in [1.29, 1.82) is 0 Å². The Bertz CT molecular complexity index is 421. The molecule has 0 radical (unpaired) electrons. The van der Waals surface area contributed by atoms with Crippen LogP contribution in [-0.4, -0.2) is 25.9 Å². The molecule has 0 saturated carbocycles. The Balaban J connectivity index is 2.75. The van der Waals surface area contributed by atoms with E-state index in [0.717, 1.165) is 11.4 Å². The minimum atomic E-state index is -0.726. The summed E-state index contributed by atoms with van der Waals surface area (Å²) in [7, 11) is 1.61. The third-order valence-corrected chi connectivity index (χ3v) is 2.41. The largest absolute Gasteiger partial charge is 0.497 e. The number of carbonyl (C=O) groups excluding carboxylic acids is 1. The Morgan fingerprint density at radius 2 is 1.94 bits per heavy atom. The van der Waals surface area contributed by atoms with Gasteiger partial charge in [0.25, 0.3) is 0 Å². The number of aliphatic imine (C=N–C) groups is 1. The maximum Gasteiger partial charge on any atom is 0.316 e. The van der Waals surface area contributed by atoms with Gasteiger partial charge in [0.15, 0.2) is 0 Å². The minimum Gasteiger partial charge on any atom is -0.497 e. The molecule has 4 nitrogen and oxygen atoms in total. The molecule has 18 heavy (non-hydrogen) atoms. The molecule has 0 bridgehead atoms. The summed E-state index contributed by atoms with van der Waals surface area (Å²) in [5.41, 5.74) is 0.0452. The number of carbonyl (C=O) groups is 1. The molecule has 0 spiro atoms. The second-order valence-electron chi connectivity index (χ2n) is 4.40. The molecule has 0 amide bonds. The lowest BCUT2D eigenvalue weighted by molar-refractivity contribution is -0.149. The molecule has 4 heteroatoms. The first-order chi connectivity index (χ1) is 8.49. The van der Waals surface area contributed by atoms with Crippen LogP contribution in [0, 0.1) is 5.41 Å². The SMILES string of the molecule is CCOC(=O)C(C)(C)C=Nc1ccc(OC)cc1. The summed E-state index contributed by atoms with van der Waals surface area (Å²) in [6.07, 6.45) is 1.60. The average Bonchev–Trinajstić information content (AvgIpc) is 2.37. The first-order valence-electron chi connectivity index (χ1n) is 5.86. The molecule has 0 heterocycles. The summed E-state index contributed by atoms with van der Waals surface area (Å²) < 4.78 is 10.0. The molecule has 98 valence electrons. The highest BCUT2D eigenvalue weighted by Crippen LogP contribution is 2.20. The molecule has 0 unspecified atom stereocenters. The summed E-state index contributed by atoms with van der Waals surface area (Å²) in [5, 5.41) is 0. The van der Waals surface area contributed by atoms with Crippen molar-refractivity contribution in [1.82, 2.24) is 0 Å². The van der Waals surface area contributed by atoms with Crippen molar-refractivity contribution in [3.05, 3.63) is 24.3 Å². The maximum absolute atomic E-state index is 11.7. The first kappa shape index (κ1) is 14.2. The highest BCUT2D eigenvalue weighted by Gasteiger charge is 2.26. The topological polar surface area (TPSA) is 47.9 Å². The van der Waals surface area contributed by atoms with Gasteiger partial charge in [-0.3, -0.25) is 9.79 Å². The van der Waals surface area contributed by atoms with Crippen LogP contribution < -0.4 is 4.74 Å². The van der Waals surface area contributed by atoms with E-state index in [1.165, 1.54) is 0 Å². The zero-order valence-electron chi connectivity index (χ0n) is 11.3. The van der Waals surface area contributed by atoms with Crippen LogP contribution in [0.15, 0.2) is 29.3 Å². The summed E-state index contributed by atoms with van der Waals surface area (Å²) in [4.78, 5) is 15.9. The van der Waals surface area contributed by atoms with Gasteiger partial charge in [-0.25, -0.2) is 0 Å². The van der Waals surface area contributed by atoms with E-state index in [1.807, 2.05) is 24.3 Å². The molecule has 0 fully saturated rings. The van der Waals surface area contributed by atoms with Crippen molar-refractivity contribution in [3.63, 3.8) is 0 Å². The minimum absolute atomic E-state index is 0.276. The average molecular weight is 249 g/mol. The van der Waals surface area contributed by atoms with E-state index in [0.29, 0.717) is 6.61 Å². The number of rotatable bonds is 5. The fraction of sp³-hybridized carbons (Fsp3) is 0.429. The van der Waals surface area contributed by atoms with Crippen LogP contribution in [0.25, 0.3) is 0 Å². The van der Waals surface area contributed by atoms with Crippen molar-refractivity contribution in [2.45, 2.75) is 20.8 Å². The number of esters is 1. The van der Waals surface area contributed by atoms with Crippen LogP contribution in [0.2, 0.25) is 0 Å². The Labute approximate surface area is 108 Å². The Kier molecular flexibility index (Phi) is 4.89. The van der Waals surface area contributed by atoms with Crippen LogP contribution in [0.5, 0.6) is 5.75 Å². The molecule has 0 N–H and O–H groups in total. The van der Waals surface area contributed by atoms with Crippen molar-refractivity contribution < 1.29 is 14.3 Å². The first-order valence-corrected chi connectivity index (χ1v) is 5.86. The van der Waals surface area contributed by atoms with Crippen LogP contribution in [0.3, 0.4) is 0 Å². The molecule has 1 aromatic carbocycles. The van der Waals surface area contributed by atoms with Crippen LogP contribution in [0.1, 0.15) is 20.8 Å². The van der Waals surface area contributed by atoms with E-state index >= 15 is 0 Å². The van der Waals surface area contributed by atoms with Gasteiger partial charge in [0.2, 0.25) is 0 Å². The van der Waals surface area contributed by atoms with E-state index in [-0.39, 0.29) is 5.97 Å². The third-order valence-electron chi connectivity index (χ3n) is 2.41. The second-order valence-corrected chi connectivity index (χ2v) is 4.40. The lowest BCUT2D eigenvalue weighted by Gasteiger charge is -2.16. The highest BCUT2D eigenvalue weighted by molar-refractivity contribution is 5.94. The number of methoxy groups -OCH3 is 1. The van der Waals surface area contributed by atoms with Gasteiger partial charge in [-0.05, 0) is 45.0 Å². The van der Waals surface area contributed by atoms with Crippen molar-refractivity contribution in [2.75, 3.05) is 13.7 Å². The Morgan fingerprint density at radius 1 is 1.33 bits per heavy atom. The Hall–Kier alpha value is -1.84. The third kappa shape index (κ3) is 3.87. The molecule has 0 aliphatic carbocycles. The van der Waals surface area contributed by atoms with Gasteiger partial charge in [0.05, 0.1) is 24.8 Å². The molecular weight excluding hydrogens is 230 g/mol. The van der Waals surface area contributed by atoms with Crippen molar-refractivity contribution >= 4 is 17.9 Å². The summed E-state index contributed by atoms with van der Waals surface area (Å²) in [6, 6.07) is 7.31. The van der Waals surface area contributed by atoms with Gasteiger partial charge in [0.1, 0.15) is 5.75 Å². The molecule has 0 aromatic heterocycles. The predicted octanol–water partition coefficient (Wildman–Crippen LogP) is 2.99. The Morgan fingerprint density at radius 3 is 2.44 bits per heavy atom.